The minimum absolute atomic E-state index is 0.0335. The summed E-state index contributed by atoms with van der Waals surface area (Å²) in [7, 11) is 5.87. The van der Waals surface area contributed by atoms with Gasteiger partial charge in [-0.1, -0.05) is 36.9 Å². The molecule has 0 aromatic heterocycles. The molecule has 1 unspecified atom stereocenters. The zero-order chi connectivity index (χ0) is 16.7. The van der Waals surface area contributed by atoms with E-state index in [9.17, 15) is 4.79 Å². The lowest BCUT2D eigenvalue weighted by atomic mass is 9.84. The molecule has 0 aliphatic carbocycles. The Kier molecular flexibility index (Phi) is 6.44. The highest BCUT2D eigenvalue weighted by atomic mass is 16.7. The Morgan fingerprint density at radius 1 is 1.43 bits per heavy atom. The summed E-state index contributed by atoms with van der Waals surface area (Å²) in [5.41, 5.74) is 3.48. The highest BCUT2D eigenvalue weighted by molar-refractivity contribution is 6.11. The lowest BCUT2D eigenvalue weighted by molar-refractivity contribution is -0.0527. The minimum atomic E-state index is -0.818. The van der Waals surface area contributed by atoms with E-state index in [1.807, 2.05) is 30.3 Å². The Morgan fingerprint density at radius 3 is 2.83 bits per heavy atom. The van der Waals surface area contributed by atoms with Crippen LogP contribution in [0.2, 0.25) is 0 Å². The Hall–Kier alpha value is -2.05. The third kappa shape index (κ3) is 4.71. The predicted molar refractivity (Wildman–Crippen MR) is 83.3 cm³/mol. The second kappa shape index (κ2) is 8.55. The third-order valence-corrected chi connectivity index (χ3v) is 3.46. The molecular formula is C16H18BNO5. The van der Waals surface area contributed by atoms with Gasteiger partial charge in [-0.05, 0) is 11.6 Å². The van der Waals surface area contributed by atoms with Crippen molar-refractivity contribution >= 4 is 14.0 Å². The maximum absolute atomic E-state index is 11.9. The van der Waals surface area contributed by atoms with Crippen LogP contribution >= 0.6 is 0 Å². The van der Waals surface area contributed by atoms with Crippen molar-refractivity contribution in [3.8, 4) is 0 Å². The van der Waals surface area contributed by atoms with Gasteiger partial charge in [-0.3, -0.25) is 0 Å². The molecule has 2 radical (unpaired) electrons. The molecule has 1 aromatic carbocycles. The van der Waals surface area contributed by atoms with Gasteiger partial charge in [0.25, 0.3) is 0 Å². The second-order valence-electron chi connectivity index (χ2n) is 5.03. The number of ether oxygens (including phenoxy) is 3. The molecular weight excluding hydrogens is 297 g/mol. The van der Waals surface area contributed by atoms with Crippen LogP contribution in [0.1, 0.15) is 5.56 Å². The summed E-state index contributed by atoms with van der Waals surface area (Å²) in [6, 6.07) is 8.60. The van der Waals surface area contributed by atoms with Crippen molar-refractivity contribution in [2.24, 2.45) is 11.8 Å². The van der Waals surface area contributed by atoms with Gasteiger partial charge in [-0.25, -0.2) is 10.7 Å². The number of rotatable bonds is 6. The van der Waals surface area contributed by atoms with Crippen molar-refractivity contribution in [3.05, 3.63) is 54.3 Å². The van der Waals surface area contributed by atoms with Gasteiger partial charge in [0.1, 0.15) is 26.7 Å². The van der Waals surface area contributed by atoms with Gasteiger partial charge in [0.2, 0.25) is 0 Å². The van der Waals surface area contributed by atoms with E-state index < -0.39 is 30.3 Å². The molecule has 0 bridgehead atoms. The van der Waals surface area contributed by atoms with E-state index in [0.29, 0.717) is 0 Å². The van der Waals surface area contributed by atoms with Crippen molar-refractivity contribution < 1.29 is 23.8 Å². The van der Waals surface area contributed by atoms with Crippen LogP contribution < -0.4 is 5.90 Å². The van der Waals surface area contributed by atoms with E-state index in [4.69, 9.17) is 28.0 Å². The van der Waals surface area contributed by atoms with Gasteiger partial charge in [0.05, 0.1) is 6.61 Å². The first-order valence-electron chi connectivity index (χ1n) is 7.11. The standard InChI is InChI=1S/C16H18BNO5/c1-2-6-12-14(13(10-21-18)22-15(12)17)23-16(19)20-9-11-7-4-3-5-8-11/h3-8,12-15H,1,9-10,18H2/t12?,13-,14-,15-/m1/s1. The maximum Gasteiger partial charge on any atom is 0.508 e. The molecule has 0 amide bonds. The Labute approximate surface area is 136 Å². The van der Waals surface area contributed by atoms with Crippen molar-refractivity contribution in [2.45, 2.75) is 24.8 Å². The lowest BCUT2D eigenvalue weighted by Crippen LogP contribution is -2.35. The fourth-order valence-electron chi connectivity index (χ4n) is 2.38. The van der Waals surface area contributed by atoms with E-state index in [1.165, 1.54) is 0 Å². The SMILES string of the molecule is [B][C@@H]1O[C@H](CON)[C@H](OC(=O)OCc2ccccc2)C1C=C=C. The lowest BCUT2D eigenvalue weighted by Gasteiger charge is -2.20. The highest BCUT2D eigenvalue weighted by Crippen LogP contribution is 2.29. The third-order valence-electron chi connectivity index (χ3n) is 3.46. The Morgan fingerprint density at radius 2 is 2.17 bits per heavy atom. The molecule has 1 saturated heterocycles. The quantitative estimate of drug-likeness (QED) is 0.370. The van der Waals surface area contributed by atoms with Gasteiger partial charge in [-0.2, -0.15) is 0 Å². The predicted octanol–water partition coefficient (Wildman–Crippen LogP) is 1.45. The smallest absolute Gasteiger partial charge is 0.429 e. The molecule has 2 N–H and O–H groups in total. The van der Waals surface area contributed by atoms with E-state index in [1.54, 1.807) is 6.08 Å². The average molecular weight is 315 g/mol. The summed E-state index contributed by atoms with van der Waals surface area (Å²) in [4.78, 5) is 16.5. The Balaban J connectivity index is 1.96. The van der Waals surface area contributed by atoms with Crippen LogP contribution in [-0.4, -0.2) is 38.8 Å². The second-order valence-corrected chi connectivity index (χ2v) is 5.03. The van der Waals surface area contributed by atoms with Crippen LogP contribution in [0.3, 0.4) is 0 Å². The number of hydrogen-bond donors (Lipinski definition) is 1. The van der Waals surface area contributed by atoms with Crippen LogP contribution in [0, 0.1) is 5.92 Å². The first kappa shape index (κ1) is 17.3. The Bertz CT molecular complexity index is 561. The summed E-state index contributed by atoms with van der Waals surface area (Å²) in [6.45, 7) is 3.64. The molecule has 1 aliphatic rings. The van der Waals surface area contributed by atoms with E-state index >= 15 is 0 Å². The van der Waals surface area contributed by atoms with Gasteiger partial charge in [-0.15, -0.1) is 5.73 Å². The molecule has 23 heavy (non-hydrogen) atoms. The molecule has 120 valence electrons. The fourth-order valence-corrected chi connectivity index (χ4v) is 2.38. The number of hydrogen-bond acceptors (Lipinski definition) is 6. The number of benzene rings is 1. The van der Waals surface area contributed by atoms with Crippen LogP contribution in [0.15, 0.2) is 48.7 Å². The molecule has 1 aliphatic heterocycles. The maximum atomic E-state index is 11.9. The zero-order valence-corrected chi connectivity index (χ0v) is 12.6. The molecule has 6 nitrogen and oxygen atoms in total. The number of nitrogens with two attached hydrogens (primary N) is 1. The van der Waals surface area contributed by atoms with Crippen molar-refractivity contribution in [1.82, 2.24) is 0 Å². The summed E-state index contributed by atoms with van der Waals surface area (Å²) >= 11 is 0. The molecule has 4 atom stereocenters. The normalized spacial score (nSPS) is 26.3. The first-order chi connectivity index (χ1) is 11.2. The molecule has 1 heterocycles. The van der Waals surface area contributed by atoms with Crippen molar-refractivity contribution in [3.63, 3.8) is 0 Å². The number of carbonyl (C=O) groups is 1. The van der Waals surface area contributed by atoms with Gasteiger partial charge in [0.15, 0.2) is 0 Å². The van der Waals surface area contributed by atoms with Crippen LogP contribution in [-0.2, 0) is 25.7 Å². The van der Waals surface area contributed by atoms with Gasteiger partial charge in [0, 0.05) is 11.9 Å². The molecule has 0 spiro atoms. The number of carbonyl (C=O) groups excluding carboxylic acids is 1. The largest absolute Gasteiger partial charge is 0.508 e. The minimum Gasteiger partial charge on any atom is -0.429 e. The highest BCUT2D eigenvalue weighted by Gasteiger charge is 2.43. The molecule has 1 aromatic rings. The van der Waals surface area contributed by atoms with Crippen LogP contribution in [0.4, 0.5) is 4.79 Å². The summed E-state index contributed by atoms with van der Waals surface area (Å²) in [5, 5.41) is 0. The zero-order valence-electron chi connectivity index (χ0n) is 12.6. The summed E-state index contributed by atoms with van der Waals surface area (Å²) < 4.78 is 15.9. The van der Waals surface area contributed by atoms with Gasteiger partial charge >= 0.3 is 6.16 Å². The van der Waals surface area contributed by atoms with E-state index in [0.717, 1.165) is 5.56 Å². The topological polar surface area (TPSA) is 80.0 Å². The van der Waals surface area contributed by atoms with Gasteiger partial charge < -0.3 is 19.0 Å². The molecule has 7 heteroatoms. The van der Waals surface area contributed by atoms with E-state index in [-0.39, 0.29) is 13.2 Å². The summed E-state index contributed by atoms with van der Waals surface area (Å²) in [6.07, 6.45) is -0.503. The molecule has 1 fully saturated rings. The average Bonchev–Trinajstić information content (AvgIpc) is 2.83. The first-order valence-corrected chi connectivity index (χ1v) is 7.11. The monoisotopic (exact) mass is 315 g/mol. The molecule has 2 rings (SSSR count). The van der Waals surface area contributed by atoms with Crippen LogP contribution in [0.5, 0.6) is 0 Å². The van der Waals surface area contributed by atoms with E-state index in [2.05, 4.69) is 17.1 Å². The summed E-state index contributed by atoms with van der Waals surface area (Å²) in [5.74, 6) is 4.66. The molecule has 0 saturated carbocycles. The van der Waals surface area contributed by atoms with Crippen LogP contribution in [0.25, 0.3) is 0 Å². The van der Waals surface area contributed by atoms with Crippen molar-refractivity contribution in [2.75, 3.05) is 6.61 Å². The van der Waals surface area contributed by atoms with Crippen molar-refractivity contribution in [1.29, 1.82) is 0 Å². The fraction of sp³-hybridized carbons (Fsp3) is 0.375.